The van der Waals surface area contributed by atoms with E-state index < -0.39 is 0 Å². The summed E-state index contributed by atoms with van der Waals surface area (Å²) >= 11 is 0. The Balaban J connectivity index is 2.97. The Morgan fingerprint density at radius 1 is 1.07 bits per heavy atom. The lowest BCUT2D eigenvalue weighted by Gasteiger charge is -2.19. The van der Waals surface area contributed by atoms with E-state index in [1.54, 1.807) is 0 Å². The molecule has 0 saturated heterocycles. The van der Waals surface area contributed by atoms with Crippen LogP contribution in [0, 0.1) is 11.8 Å². The molecule has 1 rings (SSSR count). The molecule has 0 aromatic rings. The molecular weight excluding hydrogens is 174 g/mol. The van der Waals surface area contributed by atoms with Gasteiger partial charge in [-0.05, 0) is 30.3 Å². The molecule has 0 saturated carbocycles. The Morgan fingerprint density at radius 3 is 2.21 bits per heavy atom. The average Bonchev–Trinajstić information content (AvgIpc) is 2.26. The Morgan fingerprint density at radius 2 is 1.71 bits per heavy atom. The summed E-state index contributed by atoms with van der Waals surface area (Å²) in [6, 6.07) is 0. The Kier molecular flexibility index (Phi) is 3.73. The summed E-state index contributed by atoms with van der Waals surface area (Å²) in [5.41, 5.74) is 2.60. The Hall–Kier alpha value is -0.790. The third-order valence-corrected chi connectivity index (χ3v) is 2.74. The normalized spacial score (nSPS) is 18.9. The molecule has 0 fully saturated rings. The quantitative estimate of drug-likeness (QED) is 0.721. The van der Waals surface area contributed by atoms with Crippen molar-refractivity contribution in [3.63, 3.8) is 0 Å². The molecule has 0 spiro atoms. The summed E-state index contributed by atoms with van der Waals surface area (Å²) < 4.78 is 0. The summed E-state index contributed by atoms with van der Waals surface area (Å²) in [5.74, 6) is 1.16. The van der Waals surface area contributed by atoms with E-state index in [-0.39, 0.29) is 5.91 Å². The molecule has 14 heavy (non-hydrogen) atoms. The van der Waals surface area contributed by atoms with Crippen LogP contribution in [0.15, 0.2) is 11.3 Å². The minimum Gasteiger partial charge on any atom is -0.330 e. The average molecular weight is 195 g/mol. The van der Waals surface area contributed by atoms with E-state index >= 15 is 0 Å². The second-order valence-electron chi connectivity index (χ2n) is 4.65. The molecule has 0 radical (unpaired) electrons. The van der Waals surface area contributed by atoms with E-state index in [9.17, 15) is 4.79 Å². The van der Waals surface area contributed by atoms with Crippen molar-refractivity contribution in [3.05, 3.63) is 11.3 Å². The molecule has 80 valence electrons. The molecule has 1 aliphatic heterocycles. The summed E-state index contributed by atoms with van der Waals surface area (Å²) in [5, 5.41) is 3.05. The van der Waals surface area contributed by atoms with Crippen molar-refractivity contribution in [2.75, 3.05) is 0 Å². The fraction of sp³-hybridized carbons (Fsp3) is 0.750. The molecule has 0 aromatic heterocycles. The van der Waals surface area contributed by atoms with Gasteiger partial charge in [-0.25, -0.2) is 0 Å². The van der Waals surface area contributed by atoms with Crippen molar-refractivity contribution in [3.8, 4) is 0 Å². The topological polar surface area (TPSA) is 29.1 Å². The fourth-order valence-corrected chi connectivity index (χ4v) is 1.98. The van der Waals surface area contributed by atoms with Gasteiger partial charge in [0.2, 0.25) is 5.91 Å². The smallest absolute Gasteiger partial charge is 0.224 e. The van der Waals surface area contributed by atoms with Crippen LogP contribution in [-0.4, -0.2) is 5.91 Å². The molecule has 0 unspecified atom stereocenters. The van der Waals surface area contributed by atoms with Gasteiger partial charge in [0.05, 0.1) is 0 Å². The third kappa shape index (κ3) is 2.60. The van der Waals surface area contributed by atoms with Crippen LogP contribution in [0.4, 0.5) is 0 Å². The van der Waals surface area contributed by atoms with E-state index in [4.69, 9.17) is 0 Å². The van der Waals surface area contributed by atoms with Gasteiger partial charge in [0, 0.05) is 12.1 Å². The molecule has 1 heterocycles. The van der Waals surface area contributed by atoms with Gasteiger partial charge in [-0.1, -0.05) is 27.7 Å². The van der Waals surface area contributed by atoms with Crippen LogP contribution in [-0.2, 0) is 4.79 Å². The van der Waals surface area contributed by atoms with Crippen molar-refractivity contribution in [1.82, 2.24) is 5.32 Å². The predicted molar refractivity (Wildman–Crippen MR) is 58.7 cm³/mol. The highest BCUT2D eigenvalue weighted by Gasteiger charge is 2.19. The number of hydrogen-bond acceptors (Lipinski definition) is 1. The Bertz CT molecular complexity index is 251. The van der Waals surface area contributed by atoms with Gasteiger partial charge in [0.25, 0.3) is 0 Å². The molecule has 2 nitrogen and oxygen atoms in total. The van der Waals surface area contributed by atoms with Crippen molar-refractivity contribution in [1.29, 1.82) is 0 Å². The molecule has 0 aromatic carbocycles. The summed E-state index contributed by atoms with van der Waals surface area (Å²) in [6.07, 6.45) is 2.74. The molecule has 1 amide bonds. The highest BCUT2D eigenvalue weighted by Crippen LogP contribution is 2.26. The van der Waals surface area contributed by atoms with E-state index in [1.807, 2.05) is 0 Å². The number of hydrogen-bond donors (Lipinski definition) is 1. The van der Waals surface area contributed by atoms with Gasteiger partial charge < -0.3 is 5.32 Å². The molecule has 2 heteroatoms. The van der Waals surface area contributed by atoms with Crippen LogP contribution in [0.2, 0.25) is 0 Å². The number of rotatable bonds is 2. The zero-order chi connectivity index (χ0) is 10.7. The summed E-state index contributed by atoms with van der Waals surface area (Å²) in [7, 11) is 0. The van der Waals surface area contributed by atoms with Crippen LogP contribution in [0.5, 0.6) is 0 Å². The van der Waals surface area contributed by atoms with Crippen molar-refractivity contribution in [2.45, 2.75) is 47.0 Å². The first-order valence-electron chi connectivity index (χ1n) is 5.55. The number of amides is 1. The highest BCUT2D eigenvalue weighted by molar-refractivity contribution is 5.78. The number of carbonyl (C=O) groups excluding carboxylic acids is 1. The maximum absolute atomic E-state index is 11.4. The minimum absolute atomic E-state index is 0.185. The van der Waals surface area contributed by atoms with Gasteiger partial charge in [-0.2, -0.15) is 0 Å². The predicted octanol–water partition coefficient (Wildman–Crippen LogP) is 2.85. The molecule has 1 N–H and O–H groups in total. The van der Waals surface area contributed by atoms with Crippen LogP contribution in [0.3, 0.4) is 0 Å². The standard InChI is InChI=1S/C12H21NO/c1-8(2)10-6-5-7-11(14)13-12(10)9(3)4/h8-9H,5-7H2,1-4H3,(H,13,14). The first-order chi connectivity index (χ1) is 6.52. The number of carbonyl (C=O) groups is 1. The van der Waals surface area contributed by atoms with Crippen LogP contribution in [0.1, 0.15) is 47.0 Å². The third-order valence-electron chi connectivity index (χ3n) is 2.74. The molecular formula is C12H21NO. The fourth-order valence-electron chi connectivity index (χ4n) is 1.98. The highest BCUT2D eigenvalue weighted by atomic mass is 16.1. The monoisotopic (exact) mass is 195 g/mol. The van der Waals surface area contributed by atoms with E-state index in [0.29, 0.717) is 18.3 Å². The van der Waals surface area contributed by atoms with Crippen LogP contribution in [0.25, 0.3) is 0 Å². The zero-order valence-corrected chi connectivity index (χ0v) is 9.68. The van der Waals surface area contributed by atoms with Crippen LogP contribution < -0.4 is 5.32 Å². The lowest BCUT2D eigenvalue weighted by atomic mass is 9.92. The lowest BCUT2D eigenvalue weighted by Crippen LogP contribution is -2.25. The maximum atomic E-state index is 11.4. The summed E-state index contributed by atoms with van der Waals surface area (Å²) in [6.45, 7) is 8.69. The van der Waals surface area contributed by atoms with Gasteiger partial charge in [-0.15, -0.1) is 0 Å². The maximum Gasteiger partial charge on any atom is 0.224 e. The van der Waals surface area contributed by atoms with Crippen molar-refractivity contribution >= 4 is 5.91 Å². The van der Waals surface area contributed by atoms with E-state index in [0.717, 1.165) is 12.8 Å². The van der Waals surface area contributed by atoms with E-state index in [2.05, 4.69) is 33.0 Å². The Labute approximate surface area is 86.8 Å². The molecule has 0 bridgehead atoms. The van der Waals surface area contributed by atoms with Crippen molar-refractivity contribution in [2.24, 2.45) is 11.8 Å². The second kappa shape index (κ2) is 4.63. The molecule has 0 aliphatic carbocycles. The van der Waals surface area contributed by atoms with Crippen LogP contribution >= 0.6 is 0 Å². The van der Waals surface area contributed by atoms with Gasteiger partial charge >= 0.3 is 0 Å². The summed E-state index contributed by atoms with van der Waals surface area (Å²) in [4.78, 5) is 11.4. The van der Waals surface area contributed by atoms with E-state index in [1.165, 1.54) is 11.3 Å². The van der Waals surface area contributed by atoms with Crippen molar-refractivity contribution < 1.29 is 4.79 Å². The molecule has 0 atom stereocenters. The second-order valence-corrected chi connectivity index (χ2v) is 4.65. The SMILES string of the molecule is CC(C)C1=C(C(C)C)NC(=O)CCC1. The van der Waals surface area contributed by atoms with Gasteiger partial charge in [0.15, 0.2) is 0 Å². The first-order valence-corrected chi connectivity index (χ1v) is 5.55. The largest absolute Gasteiger partial charge is 0.330 e. The minimum atomic E-state index is 0.185. The number of allylic oxidation sites excluding steroid dienone is 2. The first kappa shape index (κ1) is 11.3. The number of nitrogens with one attached hydrogen (secondary N) is 1. The zero-order valence-electron chi connectivity index (χ0n) is 9.68. The molecule has 1 aliphatic rings. The van der Waals surface area contributed by atoms with Gasteiger partial charge in [-0.3, -0.25) is 4.79 Å². The van der Waals surface area contributed by atoms with Gasteiger partial charge in [0.1, 0.15) is 0 Å². The lowest BCUT2D eigenvalue weighted by molar-refractivity contribution is -0.120.